The highest BCUT2D eigenvalue weighted by atomic mass is 19.4. The third-order valence-electron chi connectivity index (χ3n) is 4.93. The van der Waals surface area contributed by atoms with E-state index in [9.17, 15) is 13.2 Å². The lowest BCUT2D eigenvalue weighted by molar-refractivity contribution is -0.139. The summed E-state index contributed by atoms with van der Waals surface area (Å²) >= 11 is 0. The van der Waals surface area contributed by atoms with Crippen LogP contribution < -0.4 is 5.73 Å². The number of benzene rings is 1. The lowest BCUT2D eigenvalue weighted by Crippen LogP contribution is -2.22. The van der Waals surface area contributed by atoms with Crippen molar-refractivity contribution in [3.8, 4) is 11.1 Å². The summed E-state index contributed by atoms with van der Waals surface area (Å²) in [5.41, 5.74) is 7.64. The molecule has 0 saturated heterocycles. The molecule has 1 unspecified atom stereocenters. The minimum atomic E-state index is -4.54. The van der Waals surface area contributed by atoms with E-state index in [1.165, 1.54) is 6.20 Å². The summed E-state index contributed by atoms with van der Waals surface area (Å²) in [6.45, 7) is 0. The monoisotopic (exact) mass is 346 g/mol. The number of nitrogens with zero attached hydrogens (tertiary/aromatic N) is 2. The third-order valence-corrected chi connectivity index (χ3v) is 4.93. The smallest absolute Gasteiger partial charge is 0.327 e. The molecule has 2 aromatic heterocycles. The van der Waals surface area contributed by atoms with Gasteiger partial charge in [0.05, 0.1) is 5.39 Å². The van der Waals surface area contributed by atoms with E-state index in [-0.39, 0.29) is 23.0 Å². The van der Waals surface area contributed by atoms with Gasteiger partial charge in [-0.15, -0.1) is 0 Å². The summed E-state index contributed by atoms with van der Waals surface area (Å²) in [5, 5.41) is 5.82. The quantitative estimate of drug-likeness (QED) is 0.729. The number of aromatic amines is 1. The Kier molecular flexibility index (Phi) is 3.76. The molecule has 1 fully saturated rings. The van der Waals surface area contributed by atoms with E-state index < -0.39 is 11.9 Å². The van der Waals surface area contributed by atoms with Gasteiger partial charge >= 0.3 is 6.18 Å². The molecule has 0 bridgehead atoms. The molecule has 0 radical (unpaired) electrons. The number of hydrogen-bond acceptors (Lipinski definition) is 3. The molecular weight excluding hydrogens is 329 g/mol. The van der Waals surface area contributed by atoms with Crippen molar-refractivity contribution in [3.05, 3.63) is 47.8 Å². The Labute approximate surface area is 142 Å². The number of hydrogen-bond donors (Lipinski definition) is 2. The Morgan fingerprint density at radius 2 is 2.00 bits per heavy atom. The minimum absolute atomic E-state index is 0.00266. The zero-order valence-corrected chi connectivity index (χ0v) is 13.3. The van der Waals surface area contributed by atoms with E-state index in [1.54, 1.807) is 6.07 Å². The van der Waals surface area contributed by atoms with Gasteiger partial charge in [-0.25, -0.2) is 4.98 Å². The first-order valence-corrected chi connectivity index (χ1v) is 8.21. The van der Waals surface area contributed by atoms with Crippen molar-refractivity contribution in [2.45, 2.75) is 37.4 Å². The molecule has 3 N–H and O–H groups in total. The Balaban J connectivity index is 1.86. The molecule has 1 aliphatic carbocycles. The first-order valence-electron chi connectivity index (χ1n) is 8.21. The predicted molar refractivity (Wildman–Crippen MR) is 88.9 cm³/mol. The zero-order valence-electron chi connectivity index (χ0n) is 13.3. The van der Waals surface area contributed by atoms with Gasteiger partial charge < -0.3 is 5.73 Å². The van der Waals surface area contributed by atoms with Crippen LogP contribution in [0.1, 0.15) is 36.4 Å². The molecule has 3 aromatic rings. The number of halogens is 3. The second-order valence-electron chi connectivity index (χ2n) is 6.48. The van der Waals surface area contributed by atoms with Gasteiger partial charge in [0.15, 0.2) is 11.3 Å². The molecule has 0 aliphatic heterocycles. The molecule has 0 spiro atoms. The highest BCUT2D eigenvalue weighted by Crippen LogP contribution is 2.39. The number of fused-ring (bicyclic) bond motifs is 1. The number of aromatic nitrogens is 3. The van der Waals surface area contributed by atoms with E-state index in [1.807, 2.05) is 24.3 Å². The van der Waals surface area contributed by atoms with Crippen LogP contribution >= 0.6 is 0 Å². The van der Waals surface area contributed by atoms with Crippen LogP contribution in [0.4, 0.5) is 13.2 Å². The molecule has 2 atom stereocenters. The van der Waals surface area contributed by atoms with Gasteiger partial charge in [0.2, 0.25) is 0 Å². The van der Waals surface area contributed by atoms with Crippen molar-refractivity contribution in [1.82, 2.24) is 15.2 Å². The predicted octanol–water partition coefficient (Wildman–Crippen LogP) is 4.24. The van der Waals surface area contributed by atoms with Crippen LogP contribution in [0, 0.1) is 0 Å². The number of nitrogens with one attached hydrogen (secondary N) is 1. The van der Waals surface area contributed by atoms with Crippen molar-refractivity contribution in [2.24, 2.45) is 5.73 Å². The summed E-state index contributed by atoms with van der Waals surface area (Å²) in [6, 6.07) is 9.32. The van der Waals surface area contributed by atoms with Gasteiger partial charge in [0, 0.05) is 12.2 Å². The normalized spacial score (nSPS) is 21.1. The maximum Gasteiger partial charge on any atom is 0.435 e. The standard InChI is InChI=1S/C18H17F3N4/c19-18(20,21)16-15-13(7-8-23-17(15)25-24-16)11-4-1-3-10(9-11)12-5-2-6-14(12)22/h1,3-4,7-9,12,14H,2,5-6,22H2,(H,23,24,25)/t12-,14?/m1/s1. The molecule has 1 saturated carbocycles. The maximum absolute atomic E-state index is 13.3. The topological polar surface area (TPSA) is 67.6 Å². The van der Waals surface area contributed by atoms with Crippen LogP contribution in [-0.4, -0.2) is 21.2 Å². The van der Waals surface area contributed by atoms with E-state index in [0.29, 0.717) is 5.56 Å². The molecule has 1 aromatic carbocycles. The highest BCUT2D eigenvalue weighted by Gasteiger charge is 2.37. The van der Waals surface area contributed by atoms with Crippen molar-refractivity contribution in [3.63, 3.8) is 0 Å². The Morgan fingerprint density at radius 1 is 1.16 bits per heavy atom. The molecule has 130 valence electrons. The summed E-state index contributed by atoms with van der Waals surface area (Å²) in [5.74, 6) is 0.253. The van der Waals surface area contributed by atoms with Crippen molar-refractivity contribution in [2.75, 3.05) is 0 Å². The highest BCUT2D eigenvalue weighted by molar-refractivity contribution is 5.94. The summed E-state index contributed by atoms with van der Waals surface area (Å²) in [7, 11) is 0. The molecule has 0 amide bonds. The summed E-state index contributed by atoms with van der Waals surface area (Å²) < 4.78 is 39.9. The van der Waals surface area contributed by atoms with Gasteiger partial charge in [-0.2, -0.15) is 18.3 Å². The first kappa shape index (κ1) is 16.1. The van der Waals surface area contributed by atoms with E-state index >= 15 is 0 Å². The number of nitrogens with two attached hydrogens (primary N) is 1. The van der Waals surface area contributed by atoms with Crippen LogP contribution in [0.3, 0.4) is 0 Å². The third kappa shape index (κ3) is 2.78. The fourth-order valence-electron chi connectivity index (χ4n) is 3.74. The average Bonchev–Trinajstić information content (AvgIpc) is 3.20. The Hall–Kier alpha value is -2.41. The molecule has 4 nitrogen and oxygen atoms in total. The summed E-state index contributed by atoms with van der Waals surface area (Å²) in [6.07, 6.45) is 0.0190. The lowest BCUT2D eigenvalue weighted by atomic mass is 9.91. The molecule has 7 heteroatoms. The molecule has 2 heterocycles. The van der Waals surface area contributed by atoms with Crippen LogP contribution in [0.5, 0.6) is 0 Å². The molecule has 25 heavy (non-hydrogen) atoms. The Bertz CT molecular complexity index is 916. The fourth-order valence-corrected chi connectivity index (χ4v) is 3.74. The van der Waals surface area contributed by atoms with E-state index in [0.717, 1.165) is 30.4 Å². The lowest BCUT2D eigenvalue weighted by Gasteiger charge is -2.17. The van der Waals surface area contributed by atoms with Gasteiger partial charge in [-0.3, -0.25) is 5.10 Å². The zero-order chi connectivity index (χ0) is 17.6. The van der Waals surface area contributed by atoms with Crippen LogP contribution in [0.25, 0.3) is 22.2 Å². The first-order chi connectivity index (χ1) is 11.9. The van der Waals surface area contributed by atoms with Crippen molar-refractivity contribution < 1.29 is 13.2 Å². The van der Waals surface area contributed by atoms with Crippen LogP contribution in [0.15, 0.2) is 36.5 Å². The largest absolute Gasteiger partial charge is 0.435 e. The molecular formula is C18H17F3N4. The second kappa shape index (κ2) is 5.84. The van der Waals surface area contributed by atoms with E-state index in [2.05, 4.69) is 15.2 Å². The van der Waals surface area contributed by atoms with Gasteiger partial charge in [-0.05, 0) is 41.5 Å². The number of rotatable bonds is 2. The molecule has 1 aliphatic rings. The number of alkyl halides is 3. The molecule has 4 rings (SSSR count). The van der Waals surface area contributed by atoms with Crippen molar-refractivity contribution in [1.29, 1.82) is 0 Å². The van der Waals surface area contributed by atoms with Crippen LogP contribution in [-0.2, 0) is 6.18 Å². The van der Waals surface area contributed by atoms with Crippen LogP contribution in [0.2, 0.25) is 0 Å². The van der Waals surface area contributed by atoms with Gasteiger partial charge in [0.25, 0.3) is 0 Å². The number of pyridine rings is 1. The van der Waals surface area contributed by atoms with Gasteiger partial charge in [0.1, 0.15) is 0 Å². The van der Waals surface area contributed by atoms with Crippen molar-refractivity contribution >= 4 is 11.0 Å². The number of H-pyrrole nitrogens is 1. The fraction of sp³-hybridized carbons (Fsp3) is 0.333. The average molecular weight is 346 g/mol. The summed E-state index contributed by atoms with van der Waals surface area (Å²) in [4.78, 5) is 3.98. The maximum atomic E-state index is 13.3. The van der Waals surface area contributed by atoms with Gasteiger partial charge in [-0.1, -0.05) is 30.7 Å². The Morgan fingerprint density at radius 3 is 2.72 bits per heavy atom. The minimum Gasteiger partial charge on any atom is -0.327 e. The SMILES string of the molecule is NC1CCC[C@@H]1c1cccc(-c2ccnc3[nH]nc(C(F)(F)F)c23)c1. The second-order valence-corrected chi connectivity index (χ2v) is 6.48. The van der Waals surface area contributed by atoms with E-state index in [4.69, 9.17) is 5.73 Å².